The van der Waals surface area contributed by atoms with E-state index in [2.05, 4.69) is 34.1 Å². The van der Waals surface area contributed by atoms with Gasteiger partial charge in [-0.1, -0.05) is 17.7 Å². The molecule has 25 heavy (non-hydrogen) atoms. The maximum Gasteiger partial charge on any atom is 0.251 e. The Kier molecular flexibility index (Phi) is 8.12. The van der Waals surface area contributed by atoms with E-state index in [1.54, 1.807) is 0 Å². The van der Waals surface area contributed by atoms with Gasteiger partial charge in [-0.3, -0.25) is 9.79 Å². The Bertz CT molecular complexity index is 591. The fraction of sp³-hybridized carbons (Fsp3) is 0.579. The zero-order valence-corrected chi connectivity index (χ0v) is 16.3. The largest absolute Gasteiger partial charge is 0.357 e. The second-order valence-electron chi connectivity index (χ2n) is 6.40. The van der Waals surface area contributed by atoms with E-state index in [4.69, 9.17) is 0 Å². The quantitative estimate of drug-likeness (QED) is 0.396. The Morgan fingerprint density at radius 2 is 2.16 bits per heavy atom. The van der Waals surface area contributed by atoms with Crippen molar-refractivity contribution in [2.24, 2.45) is 4.99 Å². The third kappa shape index (κ3) is 6.61. The first-order valence-electron chi connectivity index (χ1n) is 9.05. The second-order valence-corrected chi connectivity index (χ2v) is 7.54. The zero-order valence-electron chi connectivity index (χ0n) is 15.5. The van der Waals surface area contributed by atoms with Crippen molar-refractivity contribution in [2.45, 2.75) is 44.4 Å². The number of aliphatic imine (C=N–C) groups is 1. The Balaban J connectivity index is 1.78. The molecule has 2 rings (SSSR count). The van der Waals surface area contributed by atoms with E-state index >= 15 is 0 Å². The van der Waals surface area contributed by atoms with Crippen molar-refractivity contribution >= 4 is 23.6 Å². The van der Waals surface area contributed by atoms with Crippen LogP contribution in [0.4, 0.5) is 0 Å². The van der Waals surface area contributed by atoms with Crippen LogP contribution in [-0.4, -0.2) is 49.0 Å². The molecule has 138 valence electrons. The number of guanidine groups is 1. The number of nitrogens with zero attached hydrogens (tertiary/aromatic N) is 1. The molecule has 1 amide bonds. The van der Waals surface area contributed by atoms with Crippen molar-refractivity contribution in [3.8, 4) is 0 Å². The van der Waals surface area contributed by atoms with Gasteiger partial charge in [-0.25, -0.2) is 0 Å². The first-order valence-corrected chi connectivity index (χ1v) is 10.3. The van der Waals surface area contributed by atoms with E-state index in [-0.39, 0.29) is 5.91 Å². The second kappa shape index (κ2) is 10.3. The number of hydrogen-bond acceptors (Lipinski definition) is 3. The number of amides is 1. The number of benzene rings is 1. The van der Waals surface area contributed by atoms with Crippen molar-refractivity contribution in [2.75, 3.05) is 25.9 Å². The van der Waals surface area contributed by atoms with Gasteiger partial charge < -0.3 is 16.0 Å². The highest BCUT2D eigenvalue weighted by atomic mass is 32.2. The van der Waals surface area contributed by atoms with Crippen LogP contribution < -0.4 is 16.0 Å². The lowest BCUT2D eigenvalue weighted by Crippen LogP contribution is -2.43. The number of aryl methyl sites for hydroxylation is 1. The Morgan fingerprint density at radius 3 is 2.84 bits per heavy atom. The molecule has 0 aliphatic heterocycles. The number of carbonyl (C=O) groups is 1. The van der Waals surface area contributed by atoms with E-state index in [1.807, 2.05) is 43.0 Å². The molecule has 0 bridgehead atoms. The van der Waals surface area contributed by atoms with Crippen LogP contribution in [0, 0.1) is 6.92 Å². The minimum absolute atomic E-state index is 0.0459. The molecule has 1 aliphatic carbocycles. The first-order chi connectivity index (χ1) is 12.1. The number of carbonyl (C=O) groups excluding carboxylic acids is 1. The molecule has 0 saturated heterocycles. The summed E-state index contributed by atoms with van der Waals surface area (Å²) in [7, 11) is 0. The molecule has 2 unspecified atom stereocenters. The van der Waals surface area contributed by atoms with Gasteiger partial charge >= 0.3 is 0 Å². The SMILES string of the molecule is CCNC(=NCCNC(=O)c1cccc(C)c1)NC1CCC(SC)C1. The summed E-state index contributed by atoms with van der Waals surface area (Å²) in [6, 6.07) is 8.11. The molecule has 3 N–H and O–H groups in total. The van der Waals surface area contributed by atoms with Gasteiger partial charge in [-0.15, -0.1) is 0 Å². The summed E-state index contributed by atoms with van der Waals surface area (Å²) in [4.78, 5) is 16.7. The predicted octanol–water partition coefficient (Wildman–Crippen LogP) is 2.56. The molecule has 5 nitrogen and oxygen atoms in total. The summed E-state index contributed by atoms with van der Waals surface area (Å²) in [5.74, 6) is 0.800. The smallest absolute Gasteiger partial charge is 0.251 e. The minimum atomic E-state index is -0.0459. The van der Waals surface area contributed by atoms with Gasteiger partial charge in [0.1, 0.15) is 0 Å². The molecule has 1 saturated carbocycles. The minimum Gasteiger partial charge on any atom is -0.357 e. The molecule has 1 aromatic rings. The molecule has 0 radical (unpaired) electrons. The topological polar surface area (TPSA) is 65.5 Å². The molecule has 6 heteroatoms. The standard InChI is InChI=1S/C19H30N4OS/c1-4-20-19(23-16-8-9-17(13-16)25-3)22-11-10-21-18(24)15-7-5-6-14(2)12-15/h5-7,12,16-17H,4,8-11,13H2,1-3H3,(H,21,24)(H2,20,22,23). The van der Waals surface area contributed by atoms with Crippen LogP contribution >= 0.6 is 11.8 Å². The van der Waals surface area contributed by atoms with Gasteiger partial charge in [0.25, 0.3) is 5.91 Å². The van der Waals surface area contributed by atoms with E-state index in [1.165, 1.54) is 19.3 Å². The van der Waals surface area contributed by atoms with Crippen molar-refractivity contribution < 1.29 is 4.79 Å². The molecule has 1 aliphatic rings. The maximum atomic E-state index is 12.1. The third-order valence-electron chi connectivity index (χ3n) is 4.35. The first kappa shape index (κ1) is 19.6. The van der Waals surface area contributed by atoms with Crippen LogP contribution in [0.15, 0.2) is 29.3 Å². The summed E-state index contributed by atoms with van der Waals surface area (Å²) in [6.45, 7) is 5.98. The molecule has 1 aromatic carbocycles. The average Bonchev–Trinajstić information content (AvgIpc) is 3.06. The van der Waals surface area contributed by atoms with E-state index in [0.29, 0.717) is 24.7 Å². The molecule has 2 atom stereocenters. The van der Waals surface area contributed by atoms with Crippen molar-refractivity contribution in [3.05, 3.63) is 35.4 Å². The Labute approximate surface area is 155 Å². The lowest BCUT2D eigenvalue weighted by atomic mass is 10.1. The van der Waals surface area contributed by atoms with Gasteiger partial charge in [0.2, 0.25) is 0 Å². The highest BCUT2D eigenvalue weighted by molar-refractivity contribution is 7.99. The summed E-state index contributed by atoms with van der Waals surface area (Å²) < 4.78 is 0. The van der Waals surface area contributed by atoms with E-state index in [9.17, 15) is 4.79 Å². The monoisotopic (exact) mass is 362 g/mol. The number of thioether (sulfide) groups is 1. The molecular formula is C19H30N4OS. The number of nitrogens with one attached hydrogen (secondary N) is 3. The Hall–Kier alpha value is -1.69. The van der Waals surface area contributed by atoms with Crippen LogP contribution in [0.1, 0.15) is 42.1 Å². The normalized spacial score (nSPS) is 20.4. The van der Waals surface area contributed by atoms with E-state index in [0.717, 1.165) is 23.3 Å². The van der Waals surface area contributed by atoms with Gasteiger partial charge in [-0.05, 0) is 51.5 Å². The number of rotatable bonds is 7. The van der Waals surface area contributed by atoms with E-state index < -0.39 is 0 Å². The maximum absolute atomic E-state index is 12.1. The van der Waals surface area contributed by atoms with Crippen LogP contribution in [0.25, 0.3) is 0 Å². The van der Waals surface area contributed by atoms with Crippen LogP contribution in [-0.2, 0) is 0 Å². The van der Waals surface area contributed by atoms with Crippen LogP contribution in [0.3, 0.4) is 0 Å². The lowest BCUT2D eigenvalue weighted by Gasteiger charge is -2.17. The third-order valence-corrected chi connectivity index (χ3v) is 5.45. The molecule has 0 spiro atoms. The molecule has 0 aromatic heterocycles. The van der Waals surface area contributed by atoms with Crippen molar-refractivity contribution in [3.63, 3.8) is 0 Å². The summed E-state index contributed by atoms with van der Waals surface area (Å²) in [5, 5.41) is 10.5. The van der Waals surface area contributed by atoms with Gasteiger partial charge in [0, 0.05) is 29.9 Å². The highest BCUT2D eigenvalue weighted by Crippen LogP contribution is 2.27. The predicted molar refractivity (Wildman–Crippen MR) is 108 cm³/mol. The molecular weight excluding hydrogens is 332 g/mol. The summed E-state index contributed by atoms with van der Waals surface area (Å²) >= 11 is 1.95. The fourth-order valence-electron chi connectivity index (χ4n) is 3.02. The zero-order chi connectivity index (χ0) is 18.1. The molecule has 0 heterocycles. The average molecular weight is 363 g/mol. The van der Waals surface area contributed by atoms with Crippen molar-refractivity contribution in [1.82, 2.24) is 16.0 Å². The van der Waals surface area contributed by atoms with Crippen molar-refractivity contribution in [1.29, 1.82) is 0 Å². The Morgan fingerprint density at radius 1 is 1.32 bits per heavy atom. The number of hydrogen-bond donors (Lipinski definition) is 3. The summed E-state index contributed by atoms with van der Waals surface area (Å²) in [6.07, 6.45) is 5.84. The molecule has 1 fully saturated rings. The lowest BCUT2D eigenvalue weighted by molar-refractivity contribution is 0.0954. The van der Waals surface area contributed by atoms with Crippen LogP contribution in [0.2, 0.25) is 0 Å². The highest BCUT2D eigenvalue weighted by Gasteiger charge is 2.24. The van der Waals surface area contributed by atoms with Crippen LogP contribution in [0.5, 0.6) is 0 Å². The fourth-order valence-corrected chi connectivity index (χ4v) is 3.82. The van der Waals surface area contributed by atoms with Gasteiger partial charge in [-0.2, -0.15) is 11.8 Å². The van der Waals surface area contributed by atoms with Gasteiger partial charge in [0.15, 0.2) is 5.96 Å². The summed E-state index contributed by atoms with van der Waals surface area (Å²) in [5.41, 5.74) is 1.78. The van der Waals surface area contributed by atoms with Gasteiger partial charge in [0.05, 0.1) is 6.54 Å².